The molecule has 0 bridgehead atoms. The molecule has 0 aliphatic rings. The molecule has 0 aliphatic carbocycles. The van der Waals surface area contributed by atoms with Gasteiger partial charge in [0.05, 0.1) is 12.6 Å². The molecule has 7 heteroatoms. The minimum atomic E-state index is -0.222. The number of carbonyl (C=O) groups excluding carboxylic acids is 1. The van der Waals surface area contributed by atoms with E-state index in [4.69, 9.17) is 0 Å². The fourth-order valence-electron chi connectivity index (χ4n) is 2.03. The second kappa shape index (κ2) is 10.1. The van der Waals surface area contributed by atoms with Crippen LogP contribution in [0, 0.1) is 5.92 Å². The Bertz CT molecular complexity index is 535. The average molecular weight is 338 g/mol. The number of carbonyl (C=O) groups is 1. The quantitative estimate of drug-likeness (QED) is 0.345. The van der Waals surface area contributed by atoms with E-state index in [2.05, 4.69) is 34.2 Å². The molecule has 4 N–H and O–H groups in total. The maximum atomic E-state index is 12.3. The van der Waals surface area contributed by atoms with Gasteiger partial charge >= 0.3 is 0 Å². The van der Waals surface area contributed by atoms with Crippen molar-refractivity contribution < 1.29 is 9.90 Å². The molecule has 0 aliphatic heterocycles. The van der Waals surface area contributed by atoms with E-state index in [9.17, 15) is 9.90 Å². The van der Waals surface area contributed by atoms with E-state index in [-0.39, 0.29) is 18.6 Å². The zero-order valence-electron chi connectivity index (χ0n) is 14.1. The Labute approximate surface area is 142 Å². The Morgan fingerprint density at radius 3 is 2.70 bits per heavy atom. The summed E-state index contributed by atoms with van der Waals surface area (Å²) < 4.78 is 3.06. The van der Waals surface area contributed by atoms with Gasteiger partial charge in [-0.05, 0) is 42.5 Å². The molecule has 1 aromatic rings. The molecule has 23 heavy (non-hydrogen) atoms. The molecule has 1 amide bonds. The third-order valence-electron chi connectivity index (χ3n) is 3.13. The first-order valence-electron chi connectivity index (χ1n) is 7.59. The number of aliphatic hydroxyl groups excluding tert-OH is 1. The van der Waals surface area contributed by atoms with Crippen LogP contribution in [0.3, 0.4) is 0 Å². The standard InChI is InChI=1S/C16H26N4O2S/c1-11(2)8-13(10-21)19-15(22)12-6-5-7-14(9-12)23-20-16(17-3)18-4/h5-7,9,11,13,21H,8,10H2,1-4H3,(H,19,22)(H2,17,18,20)/t13-/m1/s1. The normalized spacial score (nSPS) is 12.9. The minimum Gasteiger partial charge on any atom is -0.394 e. The molecule has 0 unspecified atom stereocenters. The summed E-state index contributed by atoms with van der Waals surface area (Å²) in [6.45, 7) is 4.07. The lowest BCUT2D eigenvalue weighted by molar-refractivity contribution is 0.0908. The second-order valence-corrected chi connectivity index (χ2v) is 6.42. The van der Waals surface area contributed by atoms with Crippen molar-refractivity contribution >= 4 is 23.8 Å². The van der Waals surface area contributed by atoms with Crippen LogP contribution in [-0.4, -0.2) is 43.7 Å². The summed E-state index contributed by atoms with van der Waals surface area (Å²) in [6, 6.07) is 7.09. The number of hydrogen-bond acceptors (Lipinski definition) is 4. The van der Waals surface area contributed by atoms with Crippen LogP contribution < -0.4 is 15.4 Å². The van der Waals surface area contributed by atoms with E-state index in [0.29, 0.717) is 17.4 Å². The van der Waals surface area contributed by atoms with E-state index in [1.165, 1.54) is 11.9 Å². The van der Waals surface area contributed by atoms with Crippen molar-refractivity contribution in [3.8, 4) is 0 Å². The number of amides is 1. The van der Waals surface area contributed by atoms with Gasteiger partial charge in [-0.1, -0.05) is 19.9 Å². The highest BCUT2D eigenvalue weighted by molar-refractivity contribution is 7.98. The van der Waals surface area contributed by atoms with Crippen molar-refractivity contribution in [3.63, 3.8) is 0 Å². The third kappa shape index (κ3) is 6.92. The Hall–Kier alpha value is -1.73. The fourth-order valence-corrected chi connectivity index (χ4v) is 2.77. The summed E-state index contributed by atoms with van der Waals surface area (Å²) in [5.41, 5.74) is 0.568. The zero-order chi connectivity index (χ0) is 17.2. The predicted molar refractivity (Wildman–Crippen MR) is 95.6 cm³/mol. The number of benzene rings is 1. The summed E-state index contributed by atoms with van der Waals surface area (Å²) in [5.74, 6) is 0.888. The Kier molecular flexibility index (Phi) is 8.50. The van der Waals surface area contributed by atoms with Crippen molar-refractivity contribution in [2.24, 2.45) is 10.9 Å². The van der Waals surface area contributed by atoms with E-state index >= 15 is 0 Å². The number of hydrogen-bond donors (Lipinski definition) is 4. The SMILES string of the molecule is CN=C(NC)NSc1cccc(C(=O)N[C@@H](CO)CC(C)C)c1. The Morgan fingerprint density at radius 2 is 2.13 bits per heavy atom. The molecule has 1 rings (SSSR count). The number of guanidine groups is 1. The van der Waals surface area contributed by atoms with Crippen molar-refractivity contribution in [2.75, 3.05) is 20.7 Å². The minimum absolute atomic E-state index is 0.0571. The van der Waals surface area contributed by atoms with Crippen molar-refractivity contribution in [1.29, 1.82) is 0 Å². The summed E-state index contributed by atoms with van der Waals surface area (Å²) in [7, 11) is 3.47. The van der Waals surface area contributed by atoms with E-state index in [1.54, 1.807) is 26.2 Å². The van der Waals surface area contributed by atoms with Gasteiger partial charge < -0.3 is 15.7 Å². The molecule has 0 aromatic heterocycles. The first-order valence-corrected chi connectivity index (χ1v) is 8.41. The number of nitrogens with zero attached hydrogens (tertiary/aromatic N) is 1. The van der Waals surface area contributed by atoms with Gasteiger partial charge in [0.25, 0.3) is 5.91 Å². The maximum absolute atomic E-state index is 12.3. The molecule has 1 aromatic carbocycles. The topological polar surface area (TPSA) is 85.8 Å². The Balaban J connectivity index is 2.69. The van der Waals surface area contributed by atoms with Crippen LogP contribution >= 0.6 is 11.9 Å². The Morgan fingerprint density at radius 1 is 1.39 bits per heavy atom. The first kappa shape index (κ1) is 19.3. The highest BCUT2D eigenvalue weighted by Gasteiger charge is 2.14. The van der Waals surface area contributed by atoms with Gasteiger partial charge in [0.2, 0.25) is 5.96 Å². The molecule has 0 heterocycles. The summed E-state index contributed by atoms with van der Waals surface area (Å²) >= 11 is 1.37. The molecule has 0 saturated carbocycles. The fraction of sp³-hybridized carbons (Fsp3) is 0.500. The highest BCUT2D eigenvalue weighted by atomic mass is 32.2. The smallest absolute Gasteiger partial charge is 0.251 e. The van der Waals surface area contributed by atoms with Crippen LogP contribution in [0.2, 0.25) is 0 Å². The lowest BCUT2D eigenvalue weighted by atomic mass is 10.0. The van der Waals surface area contributed by atoms with Crippen LogP contribution in [0.25, 0.3) is 0 Å². The molecule has 0 saturated heterocycles. The van der Waals surface area contributed by atoms with E-state index in [1.807, 2.05) is 12.1 Å². The molecule has 6 nitrogen and oxygen atoms in total. The first-order chi connectivity index (χ1) is 11.0. The van der Waals surface area contributed by atoms with Crippen molar-refractivity contribution in [3.05, 3.63) is 29.8 Å². The van der Waals surface area contributed by atoms with Gasteiger partial charge in [0.15, 0.2) is 0 Å². The predicted octanol–water partition coefficient (Wildman–Crippen LogP) is 1.63. The average Bonchev–Trinajstić information content (AvgIpc) is 2.55. The third-order valence-corrected chi connectivity index (χ3v) is 3.92. The van der Waals surface area contributed by atoms with Crippen LogP contribution in [0.5, 0.6) is 0 Å². The van der Waals surface area contributed by atoms with Gasteiger partial charge in [0.1, 0.15) is 0 Å². The van der Waals surface area contributed by atoms with Crippen LogP contribution in [0.4, 0.5) is 0 Å². The van der Waals surface area contributed by atoms with Crippen LogP contribution in [-0.2, 0) is 0 Å². The summed E-state index contributed by atoms with van der Waals surface area (Å²) in [4.78, 5) is 17.2. The molecule has 128 valence electrons. The molecule has 0 fully saturated rings. The molecular formula is C16H26N4O2S. The van der Waals surface area contributed by atoms with Gasteiger partial charge in [-0.15, -0.1) is 0 Å². The van der Waals surface area contributed by atoms with Gasteiger partial charge in [0, 0.05) is 24.6 Å². The van der Waals surface area contributed by atoms with E-state index < -0.39 is 0 Å². The number of aliphatic hydroxyl groups is 1. The maximum Gasteiger partial charge on any atom is 0.251 e. The molecule has 1 atom stereocenters. The van der Waals surface area contributed by atoms with Crippen molar-refractivity contribution in [2.45, 2.75) is 31.2 Å². The largest absolute Gasteiger partial charge is 0.394 e. The summed E-state index contributed by atoms with van der Waals surface area (Å²) in [6.07, 6.45) is 0.747. The lowest BCUT2D eigenvalue weighted by Crippen LogP contribution is -2.38. The number of nitrogens with one attached hydrogen (secondary N) is 3. The summed E-state index contributed by atoms with van der Waals surface area (Å²) in [5, 5.41) is 15.2. The van der Waals surface area contributed by atoms with E-state index in [0.717, 1.165) is 11.3 Å². The molecular weight excluding hydrogens is 312 g/mol. The second-order valence-electron chi connectivity index (χ2n) is 5.54. The lowest BCUT2D eigenvalue weighted by Gasteiger charge is -2.18. The molecule has 0 spiro atoms. The number of aliphatic imine (C=N–C) groups is 1. The van der Waals surface area contributed by atoms with Gasteiger partial charge in [-0.25, -0.2) is 0 Å². The molecule has 0 radical (unpaired) electrons. The van der Waals surface area contributed by atoms with Crippen molar-refractivity contribution in [1.82, 2.24) is 15.4 Å². The van der Waals surface area contributed by atoms with Gasteiger partial charge in [-0.2, -0.15) is 0 Å². The van der Waals surface area contributed by atoms with Crippen LogP contribution in [0.15, 0.2) is 34.2 Å². The van der Waals surface area contributed by atoms with Crippen LogP contribution in [0.1, 0.15) is 30.6 Å². The van der Waals surface area contributed by atoms with Gasteiger partial charge in [-0.3, -0.25) is 14.5 Å². The highest BCUT2D eigenvalue weighted by Crippen LogP contribution is 2.16. The zero-order valence-corrected chi connectivity index (χ0v) is 14.9. The monoisotopic (exact) mass is 338 g/mol. The number of rotatable bonds is 7.